The zero-order chi connectivity index (χ0) is 21.8. The minimum Gasteiger partial charge on any atom is -0.481 e. The Kier molecular flexibility index (Phi) is 7.74. The van der Waals surface area contributed by atoms with Crippen LogP contribution in [0, 0.1) is 0 Å². The number of benzene rings is 1. The van der Waals surface area contributed by atoms with Crippen LogP contribution in [0.2, 0.25) is 0 Å². The topological polar surface area (TPSA) is 66.9 Å². The molecule has 0 aromatic heterocycles. The lowest BCUT2D eigenvalue weighted by Crippen LogP contribution is -2.48. The number of sulfone groups is 1. The molecule has 1 saturated heterocycles. The molecule has 0 aliphatic carbocycles. The van der Waals surface area contributed by atoms with Gasteiger partial charge in [0.15, 0.2) is 15.9 Å². The summed E-state index contributed by atoms with van der Waals surface area (Å²) >= 11 is 0. The van der Waals surface area contributed by atoms with E-state index in [-0.39, 0.29) is 28.9 Å². The molecule has 6 nitrogen and oxygen atoms in total. The van der Waals surface area contributed by atoms with Gasteiger partial charge in [-0.05, 0) is 63.5 Å². The maximum atomic E-state index is 13.1. The predicted molar refractivity (Wildman–Crippen MR) is 117 cm³/mol. The van der Waals surface area contributed by atoms with E-state index in [0.29, 0.717) is 18.7 Å². The van der Waals surface area contributed by atoms with E-state index in [1.165, 1.54) is 5.56 Å². The lowest BCUT2D eigenvalue weighted by molar-refractivity contribution is -0.140. The molecule has 1 aliphatic heterocycles. The molecule has 0 radical (unpaired) electrons. The van der Waals surface area contributed by atoms with E-state index in [2.05, 4.69) is 25.7 Å². The Hall–Kier alpha value is -1.60. The van der Waals surface area contributed by atoms with Gasteiger partial charge in [0.25, 0.3) is 5.91 Å². The minimum absolute atomic E-state index is 0.0493. The first-order chi connectivity index (χ1) is 13.4. The van der Waals surface area contributed by atoms with E-state index in [1.54, 1.807) is 11.8 Å². The van der Waals surface area contributed by atoms with Crippen LogP contribution in [0.5, 0.6) is 5.75 Å². The fourth-order valence-electron chi connectivity index (χ4n) is 3.57. The quantitative estimate of drug-likeness (QED) is 0.642. The molecule has 0 spiro atoms. The first kappa shape index (κ1) is 23.7. The largest absolute Gasteiger partial charge is 0.481 e. The first-order valence-electron chi connectivity index (χ1n) is 10.3. The van der Waals surface area contributed by atoms with Gasteiger partial charge in [-0.1, -0.05) is 32.9 Å². The summed E-state index contributed by atoms with van der Waals surface area (Å²) in [6.07, 6.45) is 0.629. The summed E-state index contributed by atoms with van der Waals surface area (Å²) in [5.41, 5.74) is 1.25. The molecule has 1 amide bonds. The molecule has 1 fully saturated rings. The van der Waals surface area contributed by atoms with E-state index in [1.807, 2.05) is 38.4 Å². The molecule has 1 aromatic rings. The number of carbonyl (C=O) groups is 1. The van der Waals surface area contributed by atoms with Gasteiger partial charge >= 0.3 is 0 Å². The molecule has 2 unspecified atom stereocenters. The van der Waals surface area contributed by atoms with Crippen LogP contribution < -0.4 is 4.74 Å². The summed E-state index contributed by atoms with van der Waals surface area (Å²) in [5, 5.41) is 0. The van der Waals surface area contributed by atoms with Crippen molar-refractivity contribution in [3.8, 4) is 5.75 Å². The molecule has 1 heterocycles. The van der Waals surface area contributed by atoms with Gasteiger partial charge in [0.2, 0.25) is 0 Å². The van der Waals surface area contributed by atoms with E-state index in [4.69, 9.17) is 4.74 Å². The third kappa shape index (κ3) is 7.00. The van der Waals surface area contributed by atoms with Crippen molar-refractivity contribution in [1.29, 1.82) is 0 Å². The second-order valence-electron chi connectivity index (χ2n) is 9.28. The Morgan fingerprint density at radius 2 is 1.79 bits per heavy atom. The zero-order valence-corrected chi connectivity index (χ0v) is 19.5. The second kappa shape index (κ2) is 9.47. The number of nitrogens with zero attached hydrogens (tertiary/aromatic N) is 2. The average molecular weight is 425 g/mol. The first-order valence-corrected chi connectivity index (χ1v) is 12.1. The Morgan fingerprint density at radius 1 is 1.17 bits per heavy atom. The van der Waals surface area contributed by atoms with Gasteiger partial charge in [-0.3, -0.25) is 4.79 Å². The number of rotatable bonds is 8. The Labute approximate surface area is 176 Å². The minimum atomic E-state index is -3.06. The standard InChI is InChI=1S/C22H36N2O4S/c1-17(28-20-10-8-18(9-11-20)22(2,3)4)21(25)24(14-7-13-23(5)6)19-12-15-29(26,27)16-19/h8-11,17,19H,7,12-16H2,1-6H3. The number of carbonyl (C=O) groups excluding carboxylic acids is 1. The van der Waals surface area contributed by atoms with Crippen molar-refractivity contribution in [2.24, 2.45) is 0 Å². The number of amides is 1. The van der Waals surface area contributed by atoms with Crippen LogP contribution >= 0.6 is 0 Å². The Balaban J connectivity index is 2.08. The molecule has 2 rings (SSSR count). The maximum Gasteiger partial charge on any atom is 0.263 e. The van der Waals surface area contributed by atoms with Crippen molar-refractivity contribution in [3.63, 3.8) is 0 Å². The van der Waals surface area contributed by atoms with Gasteiger partial charge in [0, 0.05) is 12.6 Å². The predicted octanol–water partition coefficient (Wildman–Crippen LogP) is 2.72. The van der Waals surface area contributed by atoms with Crippen LogP contribution in [0.1, 0.15) is 46.1 Å². The van der Waals surface area contributed by atoms with Gasteiger partial charge < -0.3 is 14.5 Å². The number of hydrogen-bond acceptors (Lipinski definition) is 5. The summed E-state index contributed by atoms with van der Waals surface area (Å²) in [5.74, 6) is 0.698. The SMILES string of the molecule is CC(Oc1ccc(C(C)(C)C)cc1)C(=O)N(CCCN(C)C)C1CCS(=O)(=O)C1. The fourth-order valence-corrected chi connectivity index (χ4v) is 5.30. The van der Waals surface area contributed by atoms with Gasteiger partial charge in [0.05, 0.1) is 11.5 Å². The van der Waals surface area contributed by atoms with Crippen molar-refractivity contribution in [2.45, 2.75) is 58.1 Å². The number of hydrogen-bond donors (Lipinski definition) is 0. The molecule has 29 heavy (non-hydrogen) atoms. The van der Waals surface area contributed by atoms with Crippen molar-refractivity contribution >= 4 is 15.7 Å². The molecule has 0 bridgehead atoms. The van der Waals surface area contributed by atoms with Crippen LogP contribution in [0.4, 0.5) is 0 Å². The van der Waals surface area contributed by atoms with E-state index >= 15 is 0 Å². The average Bonchev–Trinajstić information content (AvgIpc) is 2.97. The highest BCUT2D eigenvalue weighted by molar-refractivity contribution is 7.91. The normalized spacial score (nSPS) is 19.9. The highest BCUT2D eigenvalue weighted by Crippen LogP contribution is 2.25. The van der Waals surface area contributed by atoms with E-state index < -0.39 is 15.9 Å². The van der Waals surface area contributed by atoms with Crippen LogP contribution in [0.25, 0.3) is 0 Å². The third-order valence-corrected chi connectivity index (χ3v) is 7.07. The highest BCUT2D eigenvalue weighted by atomic mass is 32.2. The fraction of sp³-hybridized carbons (Fsp3) is 0.682. The molecule has 164 valence electrons. The van der Waals surface area contributed by atoms with Crippen molar-refractivity contribution in [3.05, 3.63) is 29.8 Å². The summed E-state index contributed by atoms with van der Waals surface area (Å²) in [7, 11) is 0.907. The monoisotopic (exact) mass is 424 g/mol. The maximum absolute atomic E-state index is 13.1. The Morgan fingerprint density at radius 3 is 2.28 bits per heavy atom. The van der Waals surface area contributed by atoms with Crippen LogP contribution in [-0.2, 0) is 20.0 Å². The molecular weight excluding hydrogens is 388 g/mol. The van der Waals surface area contributed by atoms with Crippen molar-refractivity contribution < 1.29 is 17.9 Å². The molecule has 0 saturated carbocycles. The molecule has 0 N–H and O–H groups in total. The molecule has 1 aromatic carbocycles. The zero-order valence-electron chi connectivity index (χ0n) is 18.6. The second-order valence-corrected chi connectivity index (χ2v) is 11.5. The van der Waals surface area contributed by atoms with Gasteiger partial charge in [0.1, 0.15) is 5.75 Å². The third-order valence-electron chi connectivity index (χ3n) is 5.32. The van der Waals surface area contributed by atoms with Crippen LogP contribution in [0.3, 0.4) is 0 Å². The van der Waals surface area contributed by atoms with Crippen LogP contribution in [0.15, 0.2) is 24.3 Å². The van der Waals surface area contributed by atoms with Crippen molar-refractivity contribution in [1.82, 2.24) is 9.80 Å². The van der Waals surface area contributed by atoms with E-state index in [0.717, 1.165) is 13.0 Å². The number of ether oxygens (including phenoxy) is 1. The smallest absolute Gasteiger partial charge is 0.263 e. The molecular formula is C22H36N2O4S. The lowest BCUT2D eigenvalue weighted by Gasteiger charge is -2.31. The van der Waals surface area contributed by atoms with Gasteiger partial charge in [-0.15, -0.1) is 0 Å². The van der Waals surface area contributed by atoms with E-state index in [9.17, 15) is 13.2 Å². The Bertz CT molecular complexity index is 782. The van der Waals surface area contributed by atoms with Gasteiger partial charge in [-0.2, -0.15) is 0 Å². The highest BCUT2D eigenvalue weighted by Gasteiger charge is 2.36. The summed E-state index contributed by atoms with van der Waals surface area (Å²) in [6.45, 7) is 9.56. The lowest BCUT2D eigenvalue weighted by atomic mass is 9.87. The summed E-state index contributed by atoms with van der Waals surface area (Å²) < 4.78 is 29.8. The van der Waals surface area contributed by atoms with Gasteiger partial charge in [-0.25, -0.2) is 8.42 Å². The van der Waals surface area contributed by atoms with Crippen LogP contribution in [-0.4, -0.2) is 75.0 Å². The summed E-state index contributed by atoms with van der Waals surface area (Å²) in [6, 6.07) is 7.56. The molecule has 7 heteroatoms. The van der Waals surface area contributed by atoms with Crippen molar-refractivity contribution in [2.75, 3.05) is 38.7 Å². The molecule has 1 aliphatic rings. The summed E-state index contributed by atoms with van der Waals surface area (Å²) in [4.78, 5) is 16.9. The molecule has 2 atom stereocenters.